The van der Waals surface area contributed by atoms with Crippen LogP contribution in [-0.4, -0.2) is 16.5 Å². The number of nitrogens with zero attached hydrogens (tertiary/aromatic N) is 1. The first-order valence-electron chi connectivity index (χ1n) is 8.21. The second-order valence-electron chi connectivity index (χ2n) is 6.13. The van der Waals surface area contributed by atoms with Gasteiger partial charge in [-0.25, -0.2) is 9.78 Å². The zero-order chi connectivity index (χ0) is 17.1. The van der Waals surface area contributed by atoms with Gasteiger partial charge in [-0.2, -0.15) is 0 Å². The van der Waals surface area contributed by atoms with Crippen LogP contribution in [0.5, 0.6) is 0 Å². The Bertz CT molecular complexity index is 620. The Kier molecular flexibility index (Phi) is 8.73. The van der Waals surface area contributed by atoms with Gasteiger partial charge in [-0.05, 0) is 59.4 Å². The Morgan fingerprint density at radius 2 is 1.74 bits per heavy atom. The highest BCUT2D eigenvalue weighted by atomic mass is 16.1. The van der Waals surface area contributed by atoms with Crippen molar-refractivity contribution in [1.82, 2.24) is 9.97 Å². The number of aromatic amines is 1. The first kappa shape index (κ1) is 18.9. The van der Waals surface area contributed by atoms with E-state index in [-0.39, 0.29) is 5.69 Å². The zero-order valence-corrected chi connectivity index (χ0v) is 14.8. The second-order valence-corrected chi connectivity index (χ2v) is 6.13. The number of aromatic nitrogens is 2. The minimum atomic E-state index is -0.329. The van der Waals surface area contributed by atoms with Gasteiger partial charge in [0.1, 0.15) is 5.82 Å². The number of allylic oxidation sites excluding steroid dienone is 5. The molecule has 0 atom stereocenters. The highest BCUT2D eigenvalue weighted by Gasteiger charge is 1.93. The molecule has 0 spiro atoms. The molecule has 1 aromatic heterocycles. The van der Waals surface area contributed by atoms with Crippen molar-refractivity contribution in [1.29, 1.82) is 0 Å². The molecule has 0 bridgehead atoms. The summed E-state index contributed by atoms with van der Waals surface area (Å²) in [5.41, 5.74) is 3.87. The van der Waals surface area contributed by atoms with E-state index in [2.05, 4.69) is 61.2 Å². The molecule has 0 saturated heterocycles. The van der Waals surface area contributed by atoms with Crippen LogP contribution in [0.2, 0.25) is 0 Å². The summed E-state index contributed by atoms with van der Waals surface area (Å²) < 4.78 is 0. The van der Waals surface area contributed by atoms with Crippen molar-refractivity contribution in [3.63, 3.8) is 0 Å². The van der Waals surface area contributed by atoms with Crippen LogP contribution in [-0.2, 0) is 0 Å². The summed E-state index contributed by atoms with van der Waals surface area (Å²) in [6.07, 6.45) is 12.7. The molecule has 1 aromatic rings. The van der Waals surface area contributed by atoms with Crippen molar-refractivity contribution in [3.05, 3.63) is 57.7 Å². The molecule has 4 nitrogen and oxygen atoms in total. The predicted octanol–water partition coefficient (Wildman–Crippen LogP) is 4.60. The first-order valence-corrected chi connectivity index (χ1v) is 8.21. The topological polar surface area (TPSA) is 57.8 Å². The van der Waals surface area contributed by atoms with Crippen LogP contribution in [0.1, 0.15) is 53.4 Å². The normalized spacial score (nSPS) is 12.2. The van der Waals surface area contributed by atoms with Crippen molar-refractivity contribution in [3.8, 4) is 0 Å². The maximum Gasteiger partial charge on any atom is 0.346 e. The highest BCUT2D eigenvalue weighted by molar-refractivity contribution is 5.32. The summed E-state index contributed by atoms with van der Waals surface area (Å²) in [6, 6.07) is 1.75. The van der Waals surface area contributed by atoms with Gasteiger partial charge in [0.25, 0.3) is 0 Å². The smallest absolute Gasteiger partial charge is 0.346 e. The monoisotopic (exact) mass is 315 g/mol. The average Bonchev–Trinajstić information content (AvgIpc) is 2.47. The summed E-state index contributed by atoms with van der Waals surface area (Å²) in [5.74, 6) is 0.698. The molecular weight excluding hydrogens is 286 g/mol. The van der Waals surface area contributed by atoms with Gasteiger partial charge in [-0.1, -0.05) is 34.9 Å². The maximum absolute atomic E-state index is 11.1. The lowest BCUT2D eigenvalue weighted by Crippen LogP contribution is -2.12. The third kappa shape index (κ3) is 9.51. The molecule has 0 aliphatic rings. The lowest BCUT2D eigenvalue weighted by atomic mass is 10.1. The lowest BCUT2D eigenvalue weighted by molar-refractivity contribution is 0.915. The Balaban J connectivity index is 2.28. The van der Waals surface area contributed by atoms with Crippen LogP contribution in [0, 0.1) is 0 Å². The number of hydrogen-bond acceptors (Lipinski definition) is 3. The molecule has 0 radical (unpaired) electrons. The van der Waals surface area contributed by atoms with E-state index in [0.717, 1.165) is 25.7 Å². The van der Waals surface area contributed by atoms with E-state index in [0.29, 0.717) is 12.4 Å². The standard InChI is InChI=1S/C19H29N3O/c1-15(2)7-5-8-16(3)9-6-10-17(4)11-13-20-18-12-14-21-19(23)22-18/h7,9,11-12,14H,5-6,8,10,13H2,1-4H3,(H2,20,21,22,23). The number of hydrogen-bond donors (Lipinski definition) is 2. The molecule has 2 N–H and O–H groups in total. The molecule has 0 unspecified atom stereocenters. The van der Waals surface area contributed by atoms with E-state index < -0.39 is 0 Å². The molecule has 0 fully saturated rings. The average molecular weight is 315 g/mol. The van der Waals surface area contributed by atoms with Crippen LogP contribution in [0.3, 0.4) is 0 Å². The number of anilines is 1. The molecular formula is C19H29N3O. The van der Waals surface area contributed by atoms with Crippen molar-refractivity contribution in [2.75, 3.05) is 11.9 Å². The van der Waals surface area contributed by atoms with Crippen LogP contribution in [0.25, 0.3) is 0 Å². The number of H-pyrrole nitrogens is 1. The summed E-state index contributed by atoms with van der Waals surface area (Å²) >= 11 is 0. The highest BCUT2D eigenvalue weighted by Crippen LogP contribution is 2.11. The molecule has 0 aromatic carbocycles. The number of nitrogens with one attached hydrogen (secondary N) is 2. The fourth-order valence-corrected chi connectivity index (χ4v) is 2.15. The van der Waals surface area contributed by atoms with E-state index in [4.69, 9.17) is 0 Å². The minimum absolute atomic E-state index is 0.329. The molecule has 4 heteroatoms. The molecule has 1 rings (SSSR count). The Hall–Kier alpha value is -2.10. The first-order chi connectivity index (χ1) is 11.0. The lowest BCUT2D eigenvalue weighted by Gasteiger charge is -2.04. The van der Waals surface area contributed by atoms with Gasteiger partial charge in [-0.15, -0.1) is 0 Å². The quantitative estimate of drug-likeness (QED) is 0.655. The molecule has 0 saturated carbocycles. The van der Waals surface area contributed by atoms with E-state index in [1.54, 1.807) is 6.07 Å². The minimum Gasteiger partial charge on any atom is -0.368 e. The summed E-state index contributed by atoms with van der Waals surface area (Å²) in [7, 11) is 0. The fourth-order valence-electron chi connectivity index (χ4n) is 2.15. The van der Waals surface area contributed by atoms with Crippen molar-refractivity contribution < 1.29 is 0 Å². The van der Waals surface area contributed by atoms with Gasteiger partial charge in [0.15, 0.2) is 0 Å². The molecule has 0 aliphatic heterocycles. The number of rotatable bonds is 9. The molecule has 1 heterocycles. The van der Waals surface area contributed by atoms with E-state index in [9.17, 15) is 4.79 Å². The van der Waals surface area contributed by atoms with Gasteiger partial charge in [0, 0.05) is 12.7 Å². The van der Waals surface area contributed by atoms with Gasteiger partial charge >= 0.3 is 5.69 Å². The van der Waals surface area contributed by atoms with Crippen LogP contribution < -0.4 is 11.0 Å². The largest absolute Gasteiger partial charge is 0.368 e. The third-order valence-corrected chi connectivity index (χ3v) is 3.54. The van der Waals surface area contributed by atoms with E-state index >= 15 is 0 Å². The van der Waals surface area contributed by atoms with E-state index in [1.165, 1.54) is 22.9 Å². The molecule has 0 aliphatic carbocycles. The molecule has 126 valence electrons. The third-order valence-electron chi connectivity index (χ3n) is 3.54. The Morgan fingerprint density at radius 3 is 2.39 bits per heavy atom. The van der Waals surface area contributed by atoms with Gasteiger partial charge < -0.3 is 5.32 Å². The van der Waals surface area contributed by atoms with Crippen molar-refractivity contribution in [2.24, 2.45) is 0 Å². The van der Waals surface area contributed by atoms with Gasteiger partial charge in [0.05, 0.1) is 0 Å². The predicted molar refractivity (Wildman–Crippen MR) is 98.8 cm³/mol. The zero-order valence-electron chi connectivity index (χ0n) is 14.8. The molecule has 23 heavy (non-hydrogen) atoms. The van der Waals surface area contributed by atoms with Crippen LogP contribution in [0.15, 0.2) is 52.0 Å². The van der Waals surface area contributed by atoms with Gasteiger partial charge in [0.2, 0.25) is 0 Å². The Morgan fingerprint density at radius 1 is 1.09 bits per heavy atom. The Labute approximate surface area is 139 Å². The van der Waals surface area contributed by atoms with Crippen LogP contribution >= 0.6 is 0 Å². The van der Waals surface area contributed by atoms with Crippen molar-refractivity contribution in [2.45, 2.75) is 53.4 Å². The fraction of sp³-hybridized carbons (Fsp3) is 0.474. The van der Waals surface area contributed by atoms with Gasteiger partial charge in [-0.3, -0.25) is 4.98 Å². The maximum atomic E-state index is 11.1. The van der Waals surface area contributed by atoms with Crippen LogP contribution in [0.4, 0.5) is 5.82 Å². The van der Waals surface area contributed by atoms with E-state index in [1.807, 2.05) is 0 Å². The summed E-state index contributed by atoms with van der Waals surface area (Å²) in [5, 5.41) is 3.16. The molecule has 0 amide bonds. The summed E-state index contributed by atoms with van der Waals surface area (Å²) in [4.78, 5) is 17.3. The summed E-state index contributed by atoms with van der Waals surface area (Å²) in [6.45, 7) is 9.34. The SMILES string of the molecule is CC(C)=CCCC(C)=CCCC(C)=CCNc1ccnc(=O)[nH]1. The second kappa shape index (κ2) is 10.6. The van der Waals surface area contributed by atoms with Crippen molar-refractivity contribution >= 4 is 5.82 Å².